The third-order valence-corrected chi connectivity index (χ3v) is 10.8. The van der Waals surface area contributed by atoms with Gasteiger partial charge in [-0.3, -0.25) is 9.25 Å². The van der Waals surface area contributed by atoms with Crippen LogP contribution in [-0.4, -0.2) is 83.9 Å². The van der Waals surface area contributed by atoms with Crippen molar-refractivity contribution in [3.8, 4) is 16.9 Å². The highest BCUT2D eigenvalue weighted by Crippen LogP contribution is 2.49. The van der Waals surface area contributed by atoms with Crippen molar-refractivity contribution in [1.82, 2.24) is 24.6 Å². The first kappa shape index (κ1) is 37.3. The lowest BCUT2D eigenvalue weighted by Crippen LogP contribution is -2.50. The molecule has 0 unspecified atom stereocenters. The Hall–Kier alpha value is -5.43. The van der Waals surface area contributed by atoms with Crippen molar-refractivity contribution in [2.24, 2.45) is 7.05 Å². The van der Waals surface area contributed by atoms with Gasteiger partial charge in [0, 0.05) is 88.3 Å². The Bertz CT molecular complexity index is 2180. The molecule has 0 spiro atoms. The van der Waals surface area contributed by atoms with E-state index in [-0.39, 0.29) is 12.0 Å². The number of nitrogens with one attached hydrogen (secondary N) is 2. The Kier molecular flexibility index (Phi) is 10.8. The van der Waals surface area contributed by atoms with Gasteiger partial charge in [0.25, 0.3) is 0 Å². The number of rotatable bonds is 11. The molecule has 1 saturated heterocycles. The van der Waals surface area contributed by atoms with Gasteiger partial charge in [-0.2, -0.15) is 10.1 Å². The first-order valence-electron chi connectivity index (χ1n) is 17.1. The fraction of sp³-hybridized carbons (Fsp3) is 0.316. The molecule has 6 rings (SSSR count). The number of nitrogens with zero attached hydrogens (tertiary/aromatic N) is 6. The minimum absolute atomic E-state index is 0.274. The van der Waals surface area contributed by atoms with Crippen LogP contribution in [0, 0.1) is 0 Å². The fourth-order valence-corrected chi connectivity index (χ4v) is 7.64. The highest BCUT2D eigenvalue weighted by Gasteiger charge is 2.31. The second-order valence-corrected chi connectivity index (χ2v) is 15.6. The lowest BCUT2D eigenvalue weighted by Gasteiger charge is -2.37. The minimum Gasteiger partial charge on any atom is -0.494 e. The number of methoxy groups -OCH3 is 1. The molecule has 1 aliphatic heterocycles. The molecule has 2 N–H and O–H groups in total. The molecular formula is C38H45N8O6P. The van der Waals surface area contributed by atoms with Gasteiger partial charge in [0.05, 0.1) is 30.0 Å². The largest absolute Gasteiger partial charge is 0.494 e. The maximum Gasteiger partial charge on any atom is 0.410 e. The molecule has 2 aromatic heterocycles. The van der Waals surface area contributed by atoms with Crippen LogP contribution >= 0.6 is 7.60 Å². The second kappa shape index (κ2) is 15.3. The van der Waals surface area contributed by atoms with Crippen LogP contribution in [0.1, 0.15) is 26.3 Å². The topological polar surface area (TPSA) is 145 Å². The fourth-order valence-electron chi connectivity index (χ4n) is 6.20. The lowest BCUT2D eigenvalue weighted by atomic mass is 10.0. The average Bonchev–Trinajstić information content (AvgIpc) is 3.59. The quantitative estimate of drug-likeness (QED) is 0.131. The van der Waals surface area contributed by atoms with E-state index >= 15 is 0 Å². The van der Waals surface area contributed by atoms with E-state index in [9.17, 15) is 9.36 Å². The number of piperazine rings is 1. The third-order valence-electron chi connectivity index (χ3n) is 8.80. The monoisotopic (exact) mass is 740 g/mol. The summed E-state index contributed by atoms with van der Waals surface area (Å²) in [5.74, 6) is 1.25. The summed E-state index contributed by atoms with van der Waals surface area (Å²) in [5.41, 5.74) is 3.90. The number of anilines is 5. The van der Waals surface area contributed by atoms with Crippen molar-refractivity contribution in [2.45, 2.75) is 26.4 Å². The Morgan fingerprint density at radius 1 is 0.962 bits per heavy atom. The van der Waals surface area contributed by atoms with Crippen molar-refractivity contribution in [3.05, 3.63) is 79.3 Å². The highest BCUT2D eigenvalue weighted by molar-refractivity contribution is 7.63. The summed E-state index contributed by atoms with van der Waals surface area (Å²) in [6.45, 7) is 11.8. The number of aryl methyl sites for hydroxylation is 1. The third kappa shape index (κ3) is 7.99. The number of carbonyl (C=O) groups excluding carboxylic acids is 1. The standard InChI is InChI=1S/C38H45N8O6P/c1-9-25-22-39-36(43-35(25)41-30-15-14-26-12-10-11-13-28(26)34(30)53(48,50-7)51-8)42-31-20-29(27-23-40-44(5)24-27)32(21-33(31)49-6)45-16-18-46(19-17-45)37(47)52-38(2,3)4/h9-15,20-24H,1,16-19H2,2-8H3,(H2,39,41,42,43). The van der Waals surface area contributed by atoms with Crippen LogP contribution in [0.3, 0.4) is 0 Å². The van der Waals surface area contributed by atoms with E-state index in [0.717, 1.165) is 27.6 Å². The Balaban J connectivity index is 1.35. The predicted molar refractivity (Wildman–Crippen MR) is 209 cm³/mol. The van der Waals surface area contributed by atoms with Gasteiger partial charge >= 0.3 is 13.7 Å². The van der Waals surface area contributed by atoms with Crippen molar-refractivity contribution >= 4 is 64.7 Å². The van der Waals surface area contributed by atoms with Gasteiger partial charge in [0.2, 0.25) is 5.95 Å². The molecule has 5 aromatic rings. The van der Waals surface area contributed by atoms with Crippen LogP contribution < -0.4 is 25.6 Å². The zero-order valence-electron chi connectivity index (χ0n) is 31.0. The summed E-state index contributed by atoms with van der Waals surface area (Å²) >= 11 is 0. The molecule has 15 heteroatoms. The first-order valence-corrected chi connectivity index (χ1v) is 18.6. The van der Waals surface area contributed by atoms with E-state index in [1.165, 1.54) is 14.2 Å². The molecular weight excluding hydrogens is 695 g/mol. The Morgan fingerprint density at radius 3 is 2.34 bits per heavy atom. The van der Waals surface area contributed by atoms with Gasteiger partial charge in [-0.25, -0.2) is 9.78 Å². The maximum absolute atomic E-state index is 13.9. The molecule has 53 heavy (non-hydrogen) atoms. The van der Waals surface area contributed by atoms with E-state index in [4.69, 9.17) is 23.5 Å². The van der Waals surface area contributed by atoms with E-state index in [1.807, 2.05) is 88.7 Å². The Labute approximate surface area is 309 Å². The van der Waals surface area contributed by atoms with E-state index < -0.39 is 13.2 Å². The number of ether oxygens (including phenoxy) is 2. The summed E-state index contributed by atoms with van der Waals surface area (Å²) < 4.78 is 38.1. The molecule has 1 fully saturated rings. The van der Waals surface area contributed by atoms with Gasteiger partial charge < -0.3 is 39.0 Å². The van der Waals surface area contributed by atoms with Crippen LogP contribution in [0.15, 0.2) is 73.7 Å². The van der Waals surface area contributed by atoms with Crippen LogP contribution in [-0.2, 0) is 25.4 Å². The van der Waals surface area contributed by atoms with Crippen molar-refractivity contribution in [1.29, 1.82) is 0 Å². The first-order chi connectivity index (χ1) is 25.4. The minimum atomic E-state index is -3.72. The van der Waals surface area contributed by atoms with Gasteiger partial charge in [-0.05, 0) is 43.7 Å². The number of aromatic nitrogens is 4. The van der Waals surface area contributed by atoms with E-state index in [1.54, 1.807) is 29.0 Å². The van der Waals surface area contributed by atoms with Crippen LogP contribution in [0.2, 0.25) is 0 Å². The molecule has 3 heterocycles. The molecule has 278 valence electrons. The average molecular weight is 741 g/mol. The number of benzene rings is 3. The molecule has 0 atom stereocenters. The molecule has 0 saturated carbocycles. The van der Waals surface area contributed by atoms with Crippen LogP contribution in [0.5, 0.6) is 5.75 Å². The van der Waals surface area contributed by atoms with Gasteiger partial charge in [0.1, 0.15) is 17.2 Å². The summed E-state index contributed by atoms with van der Waals surface area (Å²) in [6, 6.07) is 15.3. The lowest BCUT2D eigenvalue weighted by molar-refractivity contribution is 0.0240. The summed E-state index contributed by atoms with van der Waals surface area (Å²) in [6.07, 6.45) is 6.72. The second-order valence-electron chi connectivity index (χ2n) is 13.4. The number of fused-ring (bicyclic) bond motifs is 1. The Morgan fingerprint density at radius 2 is 1.70 bits per heavy atom. The SMILES string of the molecule is C=Cc1cnc(Nc2cc(-c3cnn(C)c3)c(N3CCN(C(=O)OC(C)(C)C)CC3)cc2OC)nc1Nc1ccc2ccccc2c1P(=O)(OC)OC. The maximum atomic E-state index is 13.9. The van der Waals surface area contributed by atoms with Crippen molar-refractivity contribution < 1.29 is 27.9 Å². The molecule has 14 nitrogen and oxygen atoms in total. The van der Waals surface area contributed by atoms with E-state index in [2.05, 4.69) is 32.2 Å². The predicted octanol–water partition coefficient (Wildman–Crippen LogP) is 7.34. The van der Waals surface area contributed by atoms with Gasteiger partial charge in [-0.1, -0.05) is 43.0 Å². The van der Waals surface area contributed by atoms with Gasteiger partial charge in [0.15, 0.2) is 0 Å². The summed E-state index contributed by atoms with van der Waals surface area (Å²) in [4.78, 5) is 26.1. The van der Waals surface area contributed by atoms with Crippen LogP contribution in [0.25, 0.3) is 28.0 Å². The van der Waals surface area contributed by atoms with E-state index in [0.29, 0.717) is 60.0 Å². The molecule has 0 bridgehead atoms. The number of amides is 1. The van der Waals surface area contributed by atoms with Crippen LogP contribution in [0.4, 0.5) is 33.6 Å². The number of hydrogen-bond acceptors (Lipinski definition) is 12. The highest BCUT2D eigenvalue weighted by atomic mass is 31.2. The molecule has 1 aliphatic rings. The summed E-state index contributed by atoms with van der Waals surface area (Å²) in [7, 11) is 2.48. The zero-order chi connectivity index (χ0) is 37.9. The van der Waals surface area contributed by atoms with Crippen molar-refractivity contribution in [2.75, 3.05) is 63.0 Å². The molecule has 0 radical (unpaired) electrons. The zero-order valence-corrected chi connectivity index (χ0v) is 31.9. The van der Waals surface area contributed by atoms with Crippen molar-refractivity contribution in [3.63, 3.8) is 0 Å². The summed E-state index contributed by atoms with van der Waals surface area (Å²) in [5, 5.41) is 13.1. The normalized spacial score (nSPS) is 13.6. The van der Waals surface area contributed by atoms with Gasteiger partial charge in [-0.15, -0.1) is 0 Å². The molecule has 3 aromatic carbocycles. The number of carbonyl (C=O) groups is 1. The number of hydrogen-bond donors (Lipinski definition) is 2. The molecule has 1 amide bonds. The smallest absolute Gasteiger partial charge is 0.410 e. The molecule has 0 aliphatic carbocycles.